The number of aromatic nitrogens is 2. The molecule has 1 aromatic carbocycles. The van der Waals surface area contributed by atoms with Crippen molar-refractivity contribution in [2.45, 2.75) is 12.3 Å². The number of hydrogen-bond donors (Lipinski definition) is 1. The summed E-state index contributed by atoms with van der Waals surface area (Å²) >= 11 is 11.0. The Kier molecular flexibility index (Phi) is 4.67. The predicted molar refractivity (Wildman–Crippen MR) is 74.2 cm³/mol. The summed E-state index contributed by atoms with van der Waals surface area (Å²) in [5, 5.41) is 10.6. The molecule has 0 amide bonds. The molecule has 0 bridgehead atoms. The van der Waals surface area contributed by atoms with Crippen LogP contribution < -0.4 is 0 Å². The van der Waals surface area contributed by atoms with Crippen LogP contribution in [-0.4, -0.2) is 21.2 Å². The number of rotatable bonds is 5. The van der Waals surface area contributed by atoms with Gasteiger partial charge >= 0.3 is 11.9 Å². The van der Waals surface area contributed by atoms with Crippen LogP contribution >= 0.6 is 23.2 Å². The smallest absolute Gasteiger partial charge is 0.335 e. The second-order valence-electron chi connectivity index (χ2n) is 4.43. The van der Waals surface area contributed by atoms with E-state index in [0.717, 1.165) is 0 Å². The van der Waals surface area contributed by atoms with E-state index in [1.54, 1.807) is 0 Å². The van der Waals surface area contributed by atoms with Crippen LogP contribution in [0.3, 0.4) is 0 Å². The molecule has 1 aromatic heterocycles. The molecule has 1 heterocycles. The minimum absolute atomic E-state index is 0.309. The van der Waals surface area contributed by atoms with E-state index in [1.807, 2.05) is 0 Å². The Morgan fingerprint density at radius 1 is 1.35 bits per heavy atom. The minimum atomic E-state index is -3.77. The first kappa shape index (κ1) is 17.3. The van der Waals surface area contributed by atoms with Crippen molar-refractivity contribution in [3.63, 3.8) is 0 Å². The monoisotopic (exact) mass is 366 g/mol. The van der Waals surface area contributed by atoms with Crippen LogP contribution in [0.5, 0.6) is 0 Å². The van der Waals surface area contributed by atoms with E-state index in [0.29, 0.717) is 12.1 Å². The number of aliphatic carboxylic acids is 1. The van der Waals surface area contributed by atoms with Crippen LogP contribution in [-0.2, 0) is 17.1 Å². The summed E-state index contributed by atoms with van der Waals surface area (Å²) in [5.41, 5.74) is -1.05. The summed E-state index contributed by atoms with van der Waals surface area (Å²) in [6.07, 6.45) is -0.399. The van der Waals surface area contributed by atoms with E-state index in [1.165, 1.54) is 0 Å². The second-order valence-corrected chi connectivity index (χ2v) is 5.24. The molecule has 0 radical (unpaired) electrons. The predicted octanol–water partition coefficient (Wildman–Crippen LogP) is 3.84. The third-order valence-electron chi connectivity index (χ3n) is 2.76. The molecule has 0 saturated carbocycles. The molecule has 0 aliphatic carbocycles. The number of halogens is 5. The molecule has 0 spiro atoms. The van der Waals surface area contributed by atoms with Gasteiger partial charge in [0.2, 0.25) is 11.7 Å². The normalized spacial score (nSPS) is 11.5. The third-order valence-corrected chi connectivity index (χ3v) is 3.31. The molecule has 1 N–H and O–H groups in total. The fourth-order valence-electron chi connectivity index (χ4n) is 1.58. The van der Waals surface area contributed by atoms with Gasteiger partial charge in [-0.05, 0) is 12.1 Å². The van der Waals surface area contributed by atoms with E-state index in [9.17, 15) is 18.0 Å². The molecule has 2 rings (SSSR count). The number of benzene rings is 1. The van der Waals surface area contributed by atoms with E-state index in [4.69, 9.17) is 28.3 Å². The number of carbonyl (C=O) groups is 1. The highest BCUT2D eigenvalue weighted by atomic mass is 35.5. The highest BCUT2D eigenvalue weighted by Crippen LogP contribution is 2.37. The zero-order chi connectivity index (χ0) is 17.4. The van der Waals surface area contributed by atoms with Gasteiger partial charge in [-0.3, -0.25) is 0 Å². The Labute approximate surface area is 137 Å². The van der Waals surface area contributed by atoms with Crippen LogP contribution in [0.15, 0.2) is 28.8 Å². The summed E-state index contributed by atoms with van der Waals surface area (Å²) < 4.78 is 46.5. The Balaban J connectivity index is 2.35. The van der Waals surface area contributed by atoms with Crippen molar-refractivity contribution in [2.24, 2.45) is 0 Å². The molecule has 23 heavy (non-hydrogen) atoms. The number of carboxylic acid groups (broad SMARTS) is 1. The molecule has 5 nitrogen and oxygen atoms in total. The van der Waals surface area contributed by atoms with Gasteiger partial charge in [0.15, 0.2) is 5.82 Å². The molecule has 2 aromatic rings. The molecule has 10 heteroatoms. The minimum Gasteiger partial charge on any atom is -0.478 e. The van der Waals surface area contributed by atoms with Crippen molar-refractivity contribution in [1.82, 2.24) is 10.1 Å². The SMILES string of the molecule is C=C(Cc1nc(C(F)(F)c2cc(Cl)c(F)c(Cl)c2)no1)C(=O)O. The van der Waals surface area contributed by atoms with Crippen LogP contribution in [0.4, 0.5) is 13.2 Å². The maximum Gasteiger partial charge on any atom is 0.335 e. The summed E-state index contributed by atoms with van der Waals surface area (Å²) in [6, 6.07) is 1.38. The van der Waals surface area contributed by atoms with E-state index >= 15 is 0 Å². The van der Waals surface area contributed by atoms with Crippen molar-refractivity contribution in [3.8, 4) is 0 Å². The lowest BCUT2D eigenvalue weighted by Gasteiger charge is -2.13. The van der Waals surface area contributed by atoms with Crippen molar-refractivity contribution in [3.05, 3.63) is 57.4 Å². The maximum absolute atomic E-state index is 14.3. The number of hydrogen-bond acceptors (Lipinski definition) is 4. The van der Waals surface area contributed by atoms with Crippen LogP contribution in [0, 0.1) is 5.82 Å². The van der Waals surface area contributed by atoms with Crippen molar-refractivity contribution in [1.29, 1.82) is 0 Å². The third kappa shape index (κ3) is 3.48. The molecule has 0 atom stereocenters. The van der Waals surface area contributed by atoms with Crippen LogP contribution in [0.1, 0.15) is 17.3 Å². The molecule has 122 valence electrons. The van der Waals surface area contributed by atoms with Gasteiger partial charge in [-0.25, -0.2) is 9.18 Å². The Bertz CT molecular complexity index is 770. The molecule has 0 saturated heterocycles. The van der Waals surface area contributed by atoms with Gasteiger partial charge in [-0.15, -0.1) is 0 Å². The first-order valence-electron chi connectivity index (χ1n) is 5.90. The van der Waals surface area contributed by atoms with Gasteiger partial charge in [0.25, 0.3) is 0 Å². The molecular weight excluding hydrogens is 360 g/mol. The summed E-state index contributed by atoms with van der Waals surface area (Å²) in [4.78, 5) is 14.1. The molecule has 0 unspecified atom stereocenters. The zero-order valence-corrected chi connectivity index (χ0v) is 12.6. The summed E-state index contributed by atoms with van der Waals surface area (Å²) in [6.45, 7) is 3.22. The van der Waals surface area contributed by atoms with Gasteiger partial charge in [-0.1, -0.05) is 34.9 Å². The van der Waals surface area contributed by atoms with Crippen molar-refractivity contribution < 1.29 is 27.6 Å². The lowest BCUT2D eigenvalue weighted by atomic mass is 10.1. The summed E-state index contributed by atoms with van der Waals surface area (Å²) in [5.74, 6) is -7.52. The fraction of sp³-hybridized carbons (Fsp3) is 0.154. The lowest BCUT2D eigenvalue weighted by molar-refractivity contribution is -0.132. The standard InChI is InChI=1S/C13H7Cl2F3N2O3/c1-5(11(21)22)2-9-19-12(20-23-9)13(17,18)6-3-7(14)10(16)8(15)4-6/h3-4H,1-2H2,(H,21,22). The summed E-state index contributed by atoms with van der Waals surface area (Å²) in [7, 11) is 0. The van der Waals surface area contributed by atoms with Crippen LogP contribution in [0.2, 0.25) is 10.0 Å². The highest BCUT2D eigenvalue weighted by Gasteiger charge is 2.40. The molecular formula is C13H7Cl2F3N2O3. The van der Waals surface area contributed by atoms with Gasteiger partial charge in [0.05, 0.1) is 16.5 Å². The molecule has 0 aliphatic heterocycles. The maximum atomic E-state index is 14.3. The Hall–Kier alpha value is -2.06. The average molecular weight is 367 g/mol. The number of alkyl halides is 2. The van der Waals surface area contributed by atoms with E-state index in [2.05, 4.69) is 21.2 Å². The van der Waals surface area contributed by atoms with Gasteiger partial charge in [0, 0.05) is 11.1 Å². The second kappa shape index (κ2) is 6.21. The van der Waals surface area contributed by atoms with E-state index in [-0.39, 0.29) is 11.5 Å². The average Bonchev–Trinajstić information content (AvgIpc) is 2.93. The first-order valence-corrected chi connectivity index (χ1v) is 6.65. The topological polar surface area (TPSA) is 76.2 Å². The quantitative estimate of drug-likeness (QED) is 0.642. The van der Waals surface area contributed by atoms with Gasteiger partial charge < -0.3 is 9.63 Å². The van der Waals surface area contributed by atoms with Crippen molar-refractivity contribution >= 4 is 29.2 Å². The van der Waals surface area contributed by atoms with E-state index < -0.39 is 45.6 Å². The lowest BCUT2D eigenvalue weighted by Crippen LogP contribution is -2.17. The first-order chi connectivity index (χ1) is 10.6. The number of carboxylic acids is 1. The fourth-order valence-corrected chi connectivity index (χ4v) is 2.07. The van der Waals surface area contributed by atoms with Gasteiger partial charge in [-0.2, -0.15) is 13.8 Å². The Morgan fingerprint density at radius 2 is 1.91 bits per heavy atom. The Morgan fingerprint density at radius 3 is 2.43 bits per heavy atom. The van der Waals surface area contributed by atoms with Gasteiger partial charge in [0.1, 0.15) is 0 Å². The largest absolute Gasteiger partial charge is 0.478 e. The van der Waals surface area contributed by atoms with Crippen LogP contribution in [0.25, 0.3) is 0 Å². The van der Waals surface area contributed by atoms with Crippen molar-refractivity contribution in [2.75, 3.05) is 0 Å². The molecule has 0 fully saturated rings. The molecule has 0 aliphatic rings. The zero-order valence-electron chi connectivity index (χ0n) is 11.1. The number of nitrogens with zero attached hydrogens (tertiary/aromatic N) is 2. The highest BCUT2D eigenvalue weighted by molar-refractivity contribution is 6.35.